The number of rotatable bonds is 8. The second-order valence-electron chi connectivity index (χ2n) is 7.28. The van der Waals surface area contributed by atoms with Gasteiger partial charge in [0.15, 0.2) is 5.96 Å². The smallest absolute Gasteiger partial charge is 0.191 e. The number of aliphatic imine (C=N–C) groups is 1. The minimum Gasteiger partial charge on any atom is -0.463 e. The zero-order valence-electron chi connectivity index (χ0n) is 17.6. The van der Waals surface area contributed by atoms with Gasteiger partial charge in [0.25, 0.3) is 0 Å². The molecule has 7 nitrogen and oxygen atoms in total. The molecule has 0 amide bonds. The lowest BCUT2D eigenvalue weighted by atomic mass is 10.0. The lowest BCUT2D eigenvalue weighted by Gasteiger charge is -2.22. The van der Waals surface area contributed by atoms with E-state index in [0.717, 1.165) is 24.4 Å². The molecule has 0 aliphatic carbocycles. The highest BCUT2D eigenvalue weighted by atomic mass is 127. The highest BCUT2D eigenvalue weighted by Gasteiger charge is 2.27. The Morgan fingerprint density at radius 3 is 2.50 bits per heavy atom. The van der Waals surface area contributed by atoms with Crippen molar-refractivity contribution in [2.75, 3.05) is 13.1 Å². The summed E-state index contributed by atoms with van der Waals surface area (Å²) in [6.45, 7) is 7.96. The van der Waals surface area contributed by atoms with Crippen molar-refractivity contribution in [2.24, 2.45) is 4.99 Å². The highest BCUT2D eigenvalue weighted by molar-refractivity contribution is 14.0. The van der Waals surface area contributed by atoms with Gasteiger partial charge in [0.2, 0.25) is 0 Å². The first-order chi connectivity index (χ1) is 14.0. The maximum absolute atomic E-state index is 10.7. The summed E-state index contributed by atoms with van der Waals surface area (Å²) in [5.41, 5.74) is 1.20. The van der Waals surface area contributed by atoms with Crippen LogP contribution in [0.3, 0.4) is 0 Å². The van der Waals surface area contributed by atoms with Gasteiger partial charge in [0.1, 0.15) is 17.1 Å². The van der Waals surface area contributed by atoms with Crippen molar-refractivity contribution in [3.8, 4) is 0 Å². The molecule has 1 atom stereocenters. The van der Waals surface area contributed by atoms with Gasteiger partial charge in [-0.25, -0.2) is 9.98 Å². The molecule has 0 saturated heterocycles. The number of benzene rings is 1. The van der Waals surface area contributed by atoms with Gasteiger partial charge in [-0.15, -0.1) is 24.0 Å². The van der Waals surface area contributed by atoms with Crippen molar-refractivity contribution in [3.05, 3.63) is 77.8 Å². The molecule has 8 heteroatoms. The van der Waals surface area contributed by atoms with E-state index in [2.05, 4.69) is 44.9 Å². The number of nitrogens with one attached hydrogen (secondary N) is 2. The predicted octanol–water partition coefficient (Wildman–Crippen LogP) is 3.41. The molecule has 0 aliphatic heterocycles. The van der Waals surface area contributed by atoms with Crippen LogP contribution >= 0.6 is 24.0 Å². The Hall–Kier alpha value is -2.33. The molecule has 3 aromatic rings. The number of furan rings is 1. The molecule has 3 N–H and O–H groups in total. The molecule has 30 heavy (non-hydrogen) atoms. The van der Waals surface area contributed by atoms with E-state index in [1.807, 2.05) is 37.0 Å². The van der Waals surface area contributed by atoms with E-state index in [9.17, 15) is 5.11 Å². The number of guanidine groups is 1. The Kier molecular flexibility index (Phi) is 8.91. The molecule has 2 heterocycles. The summed E-state index contributed by atoms with van der Waals surface area (Å²) >= 11 is 0. The Morgan fingerprint density at radius 1 is 1.17 bits per heavy atom. The monoisotopic (exact) mass is 523 g/mol. The van der Waals surface area contributed by atoms with Crippen molar-refractivity contribution in [3.63, 3.8) is 0 Å². The van der Waals surface area contributed by atoms with E-state index in [-0.39, 0.29) is 30.5 Å². The third kappa shape index (κ3) is 6.88. The summed E-state index contributed by atoms with van der Waals surface area (Å²) in [4.78, 5) is 8.69. The van der Waals surface area contributed by atoms with Gasteiger partial charge >= 0.3 is 0 Å². The Labute approximate surface area is 194 Å². The van der Waals surface area contributed by atoms with E-state index >= 15 is 0 Å². The van der Waals surface area contributed by atoms with Gasteiger partial charge in [0, 0.05) is 25.5 Å². The quantitative estimate of drug-likeness (QED) is 0.239. The lowest BCUT2D eigenvalue weighted by molar-refractivity contribution is 0.0378. The molecular formula is C22H30IN5O2. The van der Waals surface area contributed by atoms with E-state index in [0.29, 0.717) is 18.3 Å². The Balaban J connectivity index is 0.00000320. The summed E-state index contributed by atoms with van der Waals surface area (Å²) in [7, 11) is 0. The van der Waals surface area contributed by atoms with Crippen LogP contribution in [-0.4, -0.2) is 33.7 Å². The SMILES string of the molecule is CCNC(=NCc1ccc(Cn2ccnc2)cc1)NCC(C)(O)c1ccc(C)o1.I. The Morgan fingerprint density at radius 2 is 1.90 bits per heavy atom. The van der Waals surface area contributed by atoms with Crippen LogP contribution in [-0.2, 0) is 18.7 Å². The average Bonchev–Trinajstić information content (AvgIpc) is 3.37. The number of aryl methyl sites for hydroxylation is 1. The summed E-state index contributed by atoms with van der Waals surface area (Å²) in [6.07, 6.45) is 5.54. The molecule has 0 radical (unpaired) electrons. The van der Waals surface area contributed by atoms with E-state index in [1.165, 1.54) is 5.56 Å². The molecule has 0 bridgehead atoms. The number of nitrogens with zero attached hydrogens (tertiary/aromatic N) is 3. The third-order valence-corrected chi connectivity index (χ3v) is 4.58. The fourth-order valence-corrected chi connectivity index (χ4v) is 2.92. The normalized spacial score (nSPS) is 13.4. The highest BCUT2D eigenvalue weighted by Crippen LogP contribution is 2.21. The maximum Gasteiger partial charge on any atom is 0.191 e. The van der Waals surface area contributed by atoms with Gasteiger partial charge in [-0.1, -0.05) is 24.3 Å². The van der Waals surface area contributed by atoms with Gasteiger partial charge in [-0.2, -0.15) is 0 Å². The number of halogens is 1. The molecule has 1 unspecified atom stereocenters. The number of hydrogen-bond donors (Lipinski definition) is 3. The topological polar surface area (TPSA) is 87.6 Å². The first-order valence-electron chi connectivity index (χ1n) is 9.81. The lowest BCUT2D eigenvalue weighted by Crippen LogP contribution is -2.44. The summed E-state index contributed by atoms with van der Waals surface area (Å²) < 4.78 is 7.60. The molecule has 0 spiro atoms. The molecule has 2 aromatic heterocycles. The Bertz CT molecular complexity index is 917. The summed E-state index contributed by atoms with van der Waals surface area (Å²) in [6, 6.07) is 12.0. The van der Waals surface area contributed by atoms with Gasteiger partial charge < -0.3 is 24.7 Å². The maximum atomic E-state index is 10.7. The van der Waals surface area contributed by atoms with Crippen LogP contribution in [0.2, 0.25) is 0 Å². The van der Waals surface area contributed by atoms with Crippen LogP contribution in [0.25, 0.3) is 0 Å². The molecule has 1 aromatic carbocycles. The van der Waals surface area contributed by atoms with Crippen LogP contribution in [0.4, 0.5) is 0 Å². The number of hydrogen-bond acceptors (Lipinski definition) is 4. The van der Waals surface area contributed by atoms with Gasteiger partial charge in [-0.3, -0.25) is 0 Å². The molecule has 0 aliphatic rings. The summed E-state index contributed by atoms with van der Waals surface area (Å²) in [5.74, 6) is 1.96. The number of aromatic nitrogens is 2. The molecular weight excluding hydrogens is 493 g/mol. The summed E-state index contributed by atoms with van der Waals surface area (Å²) in [5, 5.41) is 17.1. The molecule has 3 rings (SSSR count). The van der Waals surface area contributed by atoms with Crippen LogP contribution in [0.1, 0.15) is 36.5 Å². The first kappa shape index (κ1) is 23.9. The van der Waals surface area contributed by atoms with Crippen molar-refractivity contribution in [2.45, 2.75) is 39.5 Å². The van der Waals surface area contributed by atoms with Crippen LogP contribution in [0.5, 0.6) is 0 Å². The van der Waals surface area contributed by atoms with E-state index < -0.39 is 5.60 Å². The van der Waals surface area contributed by atoms with Crippen LogP contribution < -0.4 is 10.6 Å². The number of aliphatic hydroxyl groups is 1. The van der Waals surface area contributed by atoms with Crippen molar-refractivity contribution in [1.29, 1.82) is 0 Å². The second kappa shape index (κ2) is 11.2. The molecule has 0 saturated carbocycles. The van der Waals surface area contributed by atoms with Crippen molar-refractivity contribution >= 4 is 29.9 Å². The minimum absolute atomic E-state index is 0. The van der Waals surface area contributed by atoms with Crippen molar-refractivity contribution in [1.82, 2.24) is 20.2 Å². The third-order valence-electron chi connectivity index (χ3n) is 4.58. The van der Waals surface area contributed by atoms with Gasteiger partial charge in [-0.05, 0) is 44.0 Å². The molecule has 0 fully saturated rings. The zero-order valence-corrected chi connectivity index (χ0v) is 20.0. The zero-order chi connectivity index (χ0) is 20.7. The van der Waals surface area contributed by atoms with Crippen LogP contribution in [0, 0.1) is 6.92 Å². The fraction of sp³-hybridized carbons (Fsp3) is 0.364. The van der Waals surface area contributed by atoms with Gasteiger partial charge in [0.05, 0.1) is 19.4 Å². The average molecular weight is 523 g/mol. The standard InChI is InChI=1S/C22H29N5O2.HI/c1-4-24-21(26-15-22(3,28)20-10-5-17(2)29-20)25-13-18-6-8-19(9-7-18)14-27-12-11-23-16-27;/h5-12,16,28H,4,13-15H2,1-3H3,(H2,24,25,26);1H. The largest absolute Gasteiger partial charge is 0.463 e. The molecule has 162 valence electrons. The first-order valence-corrected chi connectivity index (χ1v) is 9.81. The van der Waals surface area contributed by atoms with Crippen LogP contribution in [0.15, 0.2) is 64.5 Å². The van der Waals surface area contributed by atoms with E-state index in [4.69, 9.17) is 4.42 Å². The van der Waals surface area contributed by atoms with E-state index in [1.54, 1.807) is 19.2 Å². The predicted molar refractivity (Wildman–Crippen MR) is 129 cm³/mol. The second-order valence-corrected chi connectivity index (χ2v) is 7.28. The van der Waals surface area contributed by atoms with Crippen molar-refractivity contribution < 1.29 is 9.52 Å². The fourth-order valence-electron chi connectivity index (χ4n) is 2.92. The minimum atomic E-state index is -1.13. The number of imidazole rings is 1.